The molecular formula is C37H38F6O6. The Bertz CT molecular complexity index is 1520. The number of ether oxygens (including phenoxy) is 4. The minimum atomic E-state index is -5.21. The van der Waals surface area contributed by atoms with Gasteiger partial charge < -0.3 is 18.9 Å². The molecule has 0 N–H and O–H groups in total. The summed E-state index contributed by atoms with van der Waals surface area (Å²) < 4.78 is 109. The molecule has 0 spiro atoms. The molecule has 0 amide bonds. The van der Waals surface area contributed by atoms with E-state index in [9.17, 15) is 35.9 Å². The number of rotatable bonds is 13. The van der Waals surface area contributed by atoms with E-state index in [0.717, 1.165) is 57.7 Å². The number of carbonyl (C=O) groups is 2. The molecule has 0 aromatic heterocycles. The van der Waals surface area contributed by atoms with Crippen molar-refractivity contribution in [2.24, 2.45) is 5.92 Å². The van der Waals surface area contributed by atoms with Crippen LogP contribution in [-0.4, -0.2) is 44.6 Å². The Labute approximate surface area is 281 Å². The molecule has 0 bridgehead atoms. The Morgan fingerprint density at radius 2 is 1.10 bits per heavy atom. The molecule has 3 aromatic rings. The Morgan fingerprint density at radius 1 is 0.673 bits per heavy atom. The molecule has 49 heavy (non-hydrogen) atoms. The zero-order chi connectivity index (χ0) is 35.7. The molecule has 264 valence electrons. The normalized spacial score (nSPS) is 18.2. The molecule has 0 saturated heterocycles. The van der Waals surface area contributed by atoms with Crippen molar-refractivity contribution in [2.45, 2.75) is 74.3 Å². The van der Waals surface area contributed by atoms with Gasteiger partial charge in [0, 0.05) is 31.8 Å². The van der Waals surface area contributed by atoms with Crippen LogP contribution >= 0.6 is 0 Å². The van der Waals surface area contributed by atoms with Crippen molar-refractivity contribution in [3.8, 4) is 0 Å². The van der Waals surface area contributed by atoms with Crippen LogP contribution in [0, 0.1) is 5.92 Å². The number of hydrogen-bond acceptors (Lipinski definition) is 6. The van der Waals surface area contributed by atoms with Crippen LogP contribution in [0.1, 0.15) is 61.3 Å². The van der Waals surface area contributed by atoms with E-state index in [1.54, 1.807) is 30.3 Å². The third kappa shape index (κ3) is 8.02. The maximum atomic E-state index is 14.6. The van der Waals surface area contributed by atoms with Gasteiger partial charge in [0.15, 0.2) is 0 Å². The van der Waals surface area contributed by atoms with Crippen molar-refractivity contribution in [1.29, 1.82) is 0 Å². The number of halogens is 6. The number of esters is 2. The number of methoxy groups -OCH3 is 2. The maximum absolute atomic E-state index is 14.6. The van der Waals surface area contributed by atoms with Gasteiger partial charge in [0.05, 0.1) is 0 Å². The van der Waals surface area contributed by atoms with Crippen molar-refractivity contribution >= 4 is 11.9 Å². The fourth-order valence-corrected chi connectivity index (χ4v) is 6.20. The summed E-state index contributed by atoms with van der Waals surface area (Å²) in [6.07, 6.45) is -6.59. The zero-order valence-electron chi connectivity index (χ0n) is 27.0. The van der Waals surface area contributed by atoms with Gasteiger partial charge in [0.1, 0.15) is 12.2 Å². The van der Waals surface area contributed by atoms with Crippen LogP contribution in [0.4, 0.5) is 26.3 Å². The third-order valence-electron chi connectivity index (χ3n) is 8.80. The third-order valence-corrected chi connectivity index (χ3v) is 8.80. The standard InChI is InChI=1S/C37H38F6O6/c1-46-34(36(38,39)40,28-20-11-5-12-21-28)32(44)48-30(26-16-7-3-8-17-26)24-15-25-31(27-18-9-4-10-19-27)49-33(45)35(47-2,37(41,42)43)29-22-13-6-14-23-29/h3,5-8,11-17,20-23,25,27,30-31H,4,9-10,18-19,24H2,1-2H3/b25-15+/t30-,31-,34+,35+/m0/s1. The van der Waals surface area contributed by atoms with Crippen molar-refractivity contribution in [1.82, 2.24) is 0 Å². The van der Waals surface area contributed by atoms with Crippen LogP contribution in [0.25, 0.3) is 0 Å². The number of alkyl halides is 6. The summed E-state index contributed by atoms with van der Waals surface area (Å²) in [6.45, 7) is 0. The van der Waals surface area contributed by atoms with Crippen molar-refractivity contribution in [2.75, 3.05) is 14.2 Å². The fraction of sp³-hybridized carbons (Fsp3) is 0.405. The monoisotopic (exact) mass is 692 g/mol. The Morgan fingerprint density at radius 3 is 1.53 bits per heavy atom. The van der Waals surface area contributed by atoms with Gasteiger partial charge in [-0.05, 0) is 30.4 Å². The summed E-state index contributed by atoms with van der Waals surface area (Å²) in [5, 5.41) is 0. The lowest BCUT2D eigenvalue weighted by Crippen LogP contribution is -2.52. The minimum Gasteiger partial charge on any atom is -0.455 e. The second kappa shape index (κ2) is 16.0. The first-order valence-electron chi connectivity index (χ1n) is 15.8. The number of benzene rings is 3. The highest BCUT2D eigenvalue weighted by Crippen LogP contribution is 2.45. The highest BCUT2D eigenvalue weighted by atomic mass is 19.4. The second-order valence-electron chi connectivity index (χ2n) is 11.7. The van der Waals surface area contributed by atoms with Crippen LogP contribution in [0.5, 0.6) is 0 Å². The first kappa shape index (κ1) is 37.7. The number of hydrogen-bond donors (Lipinski definition) is 0. The first-order chi connectivity index (χ1) is 23.3. The molecule has 0 aliphatic heterocycles. The molecule has 0 unspecified atom stereocenters. The lowest BCUT2D eigenvalue weighted by molar-refractivity contribution is -0.279. The van der Waals surface area contributed by atoms with Crippen molar-refractivity contribution < 1.29 is 54.9 Å². The highest BCUT2D eigenvalue weighted by Gasteiger charge is 2.65. The Hall–Kier alpha value is -4.16. The lowest BCUT2D eigenvalue weighted by Gasteiger charge is -2.35. The molecule has 4 atom stereocenters. The van der Waals surface area contributed by atoms with Crippen LogP contribution in [0.3, 0.4) is 0 Å². The summed E-state index contributed by atoms with van der Waals surface area (Å²) in [6, 6.07) is 20.8. The van der Waals surface area contributed by atoms with Crippen LogP contribution < -0.4 is 0 Å². The van der Waals surface area contributed by atoms with E-state index in [0.29, 0.717) is 18.4 Å². The van der Waals surface area contributed by atoms with E-state index in [-0.39, 0.29) is 12.3 Å². The van der Waals surface area contributed by atoms with Crippen LogP contribution in [0.2, 0.25) is 0 Å². The quantitative estimate of drug-likeness (QED) is 0.101. The van der Waals surface area contributed by atoms with E-state index in [4.69, 9.17) is 18.9 Å². The maximum Gasteiger partial charge on any atom is 0.432 e. The summed E-state index contributed by atoms with van der Waals surface area (Å²) in [7, 11) is 1.54. The average molecular weight is 693 g/mol. The Balaban J connectivity index is 1.67. The molecule has 0 radical (unpaired) electrons. The van der Waals surface area contributed by atoms with Crippen molar-refractivity contribution in [3.05, 3.63) is 120 Å². The van der Waals surface area contributed by atoms with E-state index in [2.05, 4.69) is 0 Å². The molecule has 1 fully saturated rings. The molecule has 1 saturated carbocycles. The molecule has 3 aromatic carbocycles. The average Bonchev–Trinajstić information content (AvgIpc) is 3.09. The highest BCUT2D eigenvalue weighted by molar-refractivity contribution is 5.83. The molecule has 4 rings (SSSR count). The van der Waals surface area contributed by atoms with E-state index >= 15 is 0 Å². The van der Waals surface area contributed by atoms with Gasteiger partial charge in [0.25, 0.3) is 11.2 Å². The van der Waals surface area contributed by atoms with Gasteiger partial charge >= 0.3 is 24.3 Å². The smallest absolute Gasteiger partial charge is 0.432 e. The molecular weight excluding hydrogens is 654 g/mol. The zero-order valence-corrected chi connectivity index (χ0v) is 27.0. The van der Waals surface area contributed by atoms with Gasteiger partial charge in [-0.25, -0.2) is 9.59 Å². The summed E-state index contributed by atoms with van der Waals surface area (Å²) >= 11 is 0. The summed E-state index contributed by atoms with van der Waals surface area (Å²) in [5.41, 5.74) is -7.43. The molecule has 6 nitrogen and oxygen atoms in total. The molecule has 12 heteroatoms. The van der Waals surface area contributed by atoms with E-state index in [1.165, 1.54) is 48.6 Å². The second-order valence-corrected chi connectivity index (χ2v) is 11.7. The summed E-state index contributed by atoms with van der Waals surface area (Å²) in [4.78, 5) is 27.0. The van der Waals surface area contributed by atoms with Crippen LogP contribution in [0.15, 0.2) is 103 Å². The van der Waals surface area contributed by atoms with Gasteiger partial charge in [-0.1, -0.05) is 116 Å². The molecule has 1 aliphatic carbocycles. The predicted molar refractivity (Wildman–Crippen MR) is 168 cm³/mol. The van der Waals surface area contributed by atoms with E-state index < -0.39 is 58.8 Å². The minimum absolute atomic E-state index is 0.198. The Kier molecular flexibility index (Phi) is 12.3. The molecule has 0 heterocycles. The van der Waals surface area contributed by atoms with Crippen LogP contribution in [-0.2, 0) is 39.7 Å². The van der Waals surface area contributed by atoms with Gasteiger partial charge in [-0.15, -0.1) is 0 Å². The fourth-order valence-electron chi connectivity index (χ4n) is 6.20. The first-order valence-corrected chi connectivity index (χ1v) is 15.8. The lowest BCUT2D eigenvalue weighted by atomic mass is 9.84. The topological polar surface area (TPSA) is 71.1 Å². The predicted octanol–water partition coefficient (Wildman–Crippen LogP) is 8.92. The van der Waals surface area contributed by atoms with Gasteiger partial charge in [-0.2, -0.15) is 26.3 Å². The summed E-state index contributed by atoms with van der Waals surface area (Å²) in [5.74, 6) is -3.70. The SMILES string of the molecule is CO[C@@](C(=O)O[C@@H](C/C=C/[C@H](OC(=O)[C@](OC)(c1ccccc1)C(F)(F)F)C1CCCCC1)c1ccccc1)(c1ccccc1)C(F)(F)F. The number of carbonyl (C=O) groups excluding carboxylic acids is 2. The molecule has 1 aliphatic rings. The van der Waals surface area contributed by atoms with Crippen molar-refractivity contribution in [3.63, 3.8) is 0 Å². The van der Waals surface area contributed by atoms with Gasteiger partial charge in [-0.3, -0.25) is 0 Å². The largest absolute Gasteiger partial charge is 0.455 e. The van der Waals surface area contributed by atoms with E-state index in [1.807, 2.05) is 0 Å². The van der Waals surface area contributed by atoms with Gasteiger partial charge in [0.2, 0.25) is 0 Å².